The Balaban J connectivity index is 1.52. The molecule has 3 aromatic rings. The SMILES string of the molecule is Cc1ccc(CN(Cc2ccccc2)C(=O)CN(CCCN2CCOCC2)C(=O)c2cccc([N+](=O)[O-])c2)o1. The number of carbonyl (C=O) groups excluding carboxylic acids is 2. The lowest BCUT2D eigenvalue weighted by Gasteiger charge is -2.30. The maximum atomic E-state index is 13.7. The molecule has 2 amide bonds. The van der Waals surface area contributed by atoms with Crippen LogP contribution in [0.1, 0.15) is 33.9 Å². The molecule has 0 bridgehead atoms. The number of amides is 2. The zero-order valence-electron chi connectivity index (χ0n) is 22.2. The van der Waals surface area contributed by atoms with Gasteiger partial charge in [-0.2, -0.15) is 0 Å². The fourth-order valence-corrected chi connectivity index (χ4v) is 4.55. The van der Waals surface area contributed by atoms with Crippen molar-refractivity contribution in [1.29, 1.82) is 0 Å². The second kappa shape index (κ2) is 13.7. The van der Waals surface area contributed by atoms with Gasteiger partial charge in [-0.1, -0.05) is 36.4 Å². The summed E-state index contributed by atoms with van der Waals surface area (Å²) in [4.78, 5) is 43.5. The topological polar surface area (TPSA) is 109 Å². The van der Waals surface area contributed by atoms with E-state index in [0.717, 1.165) is 31.0 Å². The summed E-state index contributed by atoms with van der Waals surface area (Å²) in [6, 6.07) is 19.0. The average Bonchev–Trinajstić information content (AvgIpc) is 3.37. The number of hydrogen-bond donors (Lipinski definition) is 0. The summed E-state index contributed by atoms with van der Waals surface area (Å²) in [7, 11) is 0. The minimum atomic E-state index is -0.530. The van der Waals surface area contributed by atoms with Gasteiger partial charge in [0.1, 0.15) is 18.1 Å². The van der Waals surface area contributed by atoms with Crippen LogP contribution in [-0.2, 0) is 22.6 Å². The molecule has 1 aliphatic rings. The van der Waals surface area contributed by atoms with Crippen molar-refractivity contribution in [3.05, 3.63) is 99.5 Å². The van der Waals surface area contributed by atoms with Crippen molar-refractivity contribution in [3.63, 3.8) is 0 Å². The third-order valence-corrected chi connectivity index (χ3v) is 6.64. The van der Waals surface area contributed by atoms with Crippen LogP contribution in [0.25, 0.3) is 0 Å². The van der Waals surface area contributed by atoms with Crippen LogP contribution in [0.15, 0.2) is 71.1 Å². The van der Waals surface area contributed by atoms with Gasteiger partial charge in [0, 0.05) is 50.4 Å². The Morgan fingerprint density at radius 2 is 1.74 bits per heavy atom. The highest BCUT2D eigenvalue weighted by Gasteiger charge is 2.25. The van der Waals surface area contributed by atoms with Gasteiger partial charge in [0.05, 0.1) is 24.7 Å². The largest absolute Gasteiger partial charge is 0.464 e. The molecule has 0 atom stereocenters. The molecule has 1 aliphatic heterocycles. The first-order valence-electron chi connectivity index (χ1n) is 13.1. The Kier molecular flexibility index (Phi) is 9.82. The summed E-state index contributed by atoms with van der Waals surface area (Å²) < 4.78 is 11.2. The third kappa shape index (κ3) is 8.23. The van der Waals surface area contributed by atoms with E-state index in [1.165, 1.54) is 23.1 Å². The van der Waals surface area contributed by atoms with E-state index in [1.54, 1.807) is 11.0 Å². The lowest BCUT2D eigenvalue weighted by Crippen LogP contribution is -2.44. The highest BCUT2D eigenvalue weighted by molar-refractivity contribution is 5.97. The fraction of sp³-hybridized carbons (Fsp3) is 0.379. The Bertz CT molecular complexity index is 1260. The zero-order valence-corrected chi connectivity index (χ0v) is 22.2. The predicted molar refractivity (Wildman–Crippen MR) is 145 cm³/mol. The summed E-state index contributed by atoms with van der Waals surface area (Å²) in [5.74, 6) is 0.754. The minimum Gasteiger partial charge on any atom is -0.464 e. The van der Waals surface area contributed by atoms with Crippen molar-refractivity contribution >= 4 is 17.5 Å². The minimum absolute atomic E-state index is 0.156. The maximum Gasteiger partial charge on any atom is 0.270 e. The quantitative estimate of drug-likeness (QED) is 0.256. The molecular formula is C29H34N4O6. The van der Waals surface area contributed by atoms with E-state index in [4.69, 9.17) is 9.15 Å². The molecule has 10 heteroatoms. The van der Waals surface area contributed by atoms with Crippen LogP contribution in [-0.4, -0.2) is 77.4 Å². The molecule has 0 N–H and O–H groups in total. The number of nitro groups is 1. The molecule has 0 aliphatic carbocycles. The molecule has 0 unspecified atom stereocenters. The van der Waals surface area contributed by atoms with Crippen molar-refractivity contribution in [1.82, 2.24) is 14.7 Å². The van der Waals surface area contributed by atoms with Crippen LogP contribution in [0.4, 0.5) is 5.69 Å². The van der Waals surface area contributed by atoms with Crippen molar-refractivity contribution < 1.29 is 23.7 Å². The predicted octanol–water partition coefficient (Wildman–Crippen LogP) is 3.89. The molecule has 1 saturated heterocycles. The summed E-state index contributed by atoms with van der Waals surface area (Å²) in [6.07, 6.45) is 0.657. The number of nitro benzene ring substituents is 1. The Labute approximate surface area is 227 Å². The van der Waals surface area contributed by atoms with Crippen molar-refractivity contribution in [3.8, 4) is 0 Å². The number of hydrogen-bond acceptors (Lipinski definition) is 7. The number of rotatable bonds is 12. The van der Waals surface area contributed by atoms with Crippen LogP contribution < -0.4 is 0 Å². The Hall–Kier alpha value is -4.02. The van der Waals surface area contributed by atoms with Crippen molar-refractivity contribution in [2.75, 3.05) is 45.9 Å². The number of furan rings is 1. The maximum absolute atomic E-state index is 13.7. The van der Waals surface area contributed by atoms with Gasteiger partial charge < -0.3 is 19.0 Å². The number of ether oxygens (including phenoxy) is 1. The van der Waals surface area contributed by atoms with Gasteiger partial charge in [-0.25, -0.2) is 0 Å². The van der Waals surface area contributed by atoms with Crippen molar-refractivity contribution in [2.45, 2.75) is 26.4 Å². The van der Waals surface area contributed by atoms with Gasteiger partial charge in [-0.3, -0.25) is 24.6 Å². The lowest BCUT2D eigenvalue weighted by atomic mass is 10.1. The Morgan fingerprint density at radius 3 is 2.44 bits per heavy atom. The highest BCUT2D eigenvalue weighted by Crippen LogP contribution is 2.17. The van der Waals surface area contributed by atoms with Gasteiger partial charge in [0.2, 0.25) is 5.91 Å². The van der Waals surface area contributed by atoms with Gasteiger partial charge in [-0.15, -0.1) is 0 Å². The van der Waals surface area contributed by atoms with Crippen molar-refractivity contribution in [2.24, 2.45) is 0 Å². The molecule has 2 heterocycles. The number of aryl methyl sites for hydroxylation is 1. The summed E-state index contributed by atoms with van der Waals surface area (Å²) in [6.45, 7) is 6.40. The van der Waals surface area contributed by atoms with Crippen LogP contribution in [0.2, 0.25) is 0 Å². The van der Waals surface area contributed by atoms with E-state index in [2.05, 4.69) is 4.90 Å². The van der Waals surface area contributed by atoms with Gasteiger partial charge >= 0.3 is 0 Å². The smallest absolute Gasteiger partial charge is 0.270 e. The van der Waals surface area contributed by atoms with Crippen LogP contribution in [0, 0.1) is 17.0 Å². The number of morpholine rings is 1. The van der Waals surface area contributed by atoms with E-state index >= 15 is 0 Å². The second-order valence-electron chi connectivity index (χ2n) is 9.59. The molecule has 0 spiro atoms. The fourth-order valence-electron chi connectivity index (χ4n) is 4.55. The van der Waals surface area contributed by atoms with Gasteiger partial charge in [0.15, 0.2) is 0 Å². The number of nitrogens with zero attached hydrogens (tertiary/aromatic N) is 4. The number of benzene rings is 2. The molecule has 2 aromatic carbocycles. The van der Waals surface area contributed by atoms with E-state index in [0.29, 0.717) is 38.5 Å². The molecule has 0 radical (unpaired) electrons. The van der Waals surface area contributed by atoms with Gasteiger partial charge in [0.25, 0.3) is 11.6 Å². The lowest BCUT2D eigenvalue weighted by molar-refractivity contribution is -0.384. The second-order valence-corrected chi connectivity index (χ2v) is 9.59. The highest BCUT2D eigenvalue weighted by atomic mass is 16.6. The van der Waals surface area contributed by atoms with Crippen LogP contribution in [0.3, 0.4) is 0 Å². The van der Waals surface area contributed by atoms with E-state index in [9.17, 15) is 19.7 Å². The molecular weight excluding hydrogens is 500 g/mol. The Morgan fingerprint density at radius 1 is 0.974 bits per heavy atom. The molecule has 10 nitrogen and oxygen atoms in total. The third-order valence-electron chi connectivity index (χ3n) is 6.64. The zero-order chi connectivity index (χ0) is 27.6. The number of carbonyl (C=O) groups is 2. The molecule has 39 heavy (non-hydrogen) atoms. The van der Waals surface area contributed by atoms with E-state index in [-0.39, 0.29) is 30.2 Å². The van der Waals surface area contributed by atoms with Gasteiger partial charge in [-0.05, 0) is 37.1 Å². The summed E-state index contributed by atoms with van der Waals surface area (Å²) in [5.41, 5.74) is 0.969. The average molecular weight is 535 g/mol. The van der Waals surface area contributed by atoms with E-state index < -0.39 is 10.8 Å². The standard InChI is InChI=1S/C29H34N4O6/c1-23-11-12-27(39-23)21-32(20-24-7-3-2-4-8-24)28(34)22-31(14-6-13-30-15-17-38-18-16-30)29(35)25-9-5-10-26(19-25)33(36)37/h2-5,7-12,19H,6,13-18,20-22H2,1H3. The summed E-state index contributed by atoms with van der Waals surface area (Å²) >= 11 is 0. The monoisotopic (exact) mass is 534 g/mol. The molecule has 206 valence electrons. The van der Waals surface area contributed by atoms with Crippen LogP contribution >= 0.6 is 0 Å². The normalized spacial score (nSPS) is 13.7. The van der Waals surface area contributed by atoms with Crippen LogP contribution in [0.5, 0.6) is 0 Å². The summed E-state index contributed by atoms with van der Waals surface area (Å²) in [5, 5.41) is 11.3. The molecule has 1 aromatic heterocycles. The number of non-ortho nitro benzene ring substituents is 1. The first-order chi connectivity index (χ1) is 18.9. The first kappa shape index (κ1) is 28.0. The van der Waals surface area contributed by atoms with E-state index in [1.807, 2.05) is 49.4 Å². The molecule has 1 fully saturated rings. The molecule has 0 saturated carbocycles. The first-order valence-corrected chi connectivity index (χ1v) is 13.1. The molecule has 4 rings (SSSR count).